The zero-order valence-electron chi connectivity index (χ0n) is 19.2. The fraction of sp³-hybridized carbons (Fsp3) is 0.440. The lowest BCUT2D eigenvalue weighted by molar-refractivity contribution is 0.120. The predicted octanol–water partition coefficient (Wildman–Crippen LogP) is 3.02. The Labute approximate surface area is 190 Å². The second kappa shape index (κ2) is 10.7. The summed E-state index contributed by atoms with van der Waals surface area (Å²) in [6.45, 7) is 7.55. The van der Waals surface area contributed by atoms with E-state index in [-0.39, 0.29) is 0 Å². The minimum Gasteiger partial charge on any atom is -0.508 e. The van der Waals surface area contributed by atoms with Crippen LogP contribution in [0.5, 0.6) is 5.75 Å². The first kappa shape index (κ1) is 22.5. The molecule has 1 aliphatic heterocycles. The quantitative estimate of drug-likeness (QED) is 0.502. The molecule has 1 aliphatic rings. The van der Waals surface area contributed by atoms with Crippen molar-refractivity contribution in [1.82, 2.24) is 24.7 Å². The van der Waals surface area contributed by atoms with Gasteiger partial charge in [0.25, 0.3) is 0 Å². The first-order valence-electron chi connectivity index (χ1n) is 11.4. The lowest BCUT2D eigenvalue weighted by atomic mass is 10.2. The molecule has 0 bridgehead atoms. The Balaban J connectivity index is 1.36. The molecular weight excluding hydrogens is 400 g/mol. The summed E-state index contributed by atoms with van der Waals surface area (Å²) in [6.07, 6.45) is 1.07. The molecule has 2 aromatic carbocycles. The second-order valence-electron chi connectivity index (χ2n) is 8.81. The Morgan fingerprint density at radius 1 is 0.938 bits per heavy atom. The van der Waals surface area contributed by atoms with Crippen LogP contribution in [0.3, 0.4) is 0 Å². The molecule has 0 atom stereocenters. The maximum Gasteiger partial charge on any atom is 0.145 e. The summed E-state index contributed by atoms with van der Waals surface area (Å²) in [7, 11) is 4.20. The van der Waals surface area contributed by atoms with Crippen LogP contribution in [0.25, 0.3) is 10.9 Å². The number of phenolic OH excluding ortho intramolecular Hbond substituents is 1. The normalized spacial score (nSPS) is 15.5. The number of phenols is 1. The average Bonchev–Trinajstić information content (AvgIpc) is 2.78. The molecule has 0 aliphatic carbocycles. The number of nitrogens with one attached hydrogen (secondary N) is 1. The summed E-state index contributed by atoms with van der Waals surface area (Å²) in [4.78, 5) is 16.8. The summed E-state index contributed by atoms with van der Waals surface area (Å²) in [5, 5.41) is 14.3. The molecule has 0 spiro atoms. The molecule has 0 unspecified atom stereocenters. The molecule has 1 saturated heterocycles. The number of fused-ring (bicyclic) bond motifs is 1. The van der Waals surface area contributed by atoms with Crippen molar-refractivity contribution in [3.8, 4) is 5.75 Å². The molecule has 7 nitrogen and oxygen atoms in total. The van der Waals surface area contributed by atoms with Gasteiger partial charge in [-0.2, -0.15) is 0 Å². The van der Waals surface area contributed by atoms with E-state index < -0.39 is 0 Å². The SMILES string of the molecule is CN(C)CCCNc1nc(CN2CCN(Cc3cccc(O)c3)CC2)nc2ccccc12. The van der Waals surface area contributed by atoms with E-state index in [0.717, 1.165) is 86.9 Å². The van der Waals surface area contributed by atoms with E-state index in [4.69, 9.17) is 9.97 Å². The molecule has 7 heteroatoms. The molecule has 0 saturated carbocycles. The third-order valence-corrected chi connectivity index (χ3v) is 5.87. The number of piperazine rings is 1. The van der Waals surface area contributed by atoms with Gasteiger partial charge in [-0.3, -0.25) is 9.80 Å². The van der Waals surface area contributed by atoms with Gasteiger partial charge >= 0.3 is 0 Å². The average molecular weight is 435 g/mol. The third kappa shape index (κ3) is 6.16. The zero-order valence-corrected chi connectivity index (χ0v) is 19.2. The van der Waals surface area contributed by atoms with Gasteiger partial charge in [0.1, 0.15) is 17.4 Å². The van der Waals surface area contributed by atoms with Crippen molar-refractivity contribution in [2.45, 2.75) is 19.5 Å². The molecule has 3 aromatic rings. The first-order valence-corrected chi connectivity index (χ1v) is 11.4. The van der Waals surface area contributed by atoms with Crippen molar-refractivity contribution in [2.24, 2.45) is 0 Å². The number of para-hydroxylation sites is 1. The van der Waals surface area contributed by atoms with E-state index in [1.54, 1.807) is 6.07 Å². The third-order valence-electron chi connectivity index (χ3n) is 5.87. The van der Waals surface area contributed by atoms with Crippen LogP contribution in [-0.4, -0.2) is 83.1 Å². The Bertz CT molecular complexity index is 1020. The summed E-state index contributed by atoms with van der Waals surface area (Å²) in [5.41, 5.74) is 2.15. The Morgan fingerprint density at radius 2 is 1.69 bits per heavy atom. The Morgan fingerprint density at radius 3 is 2.44 bits per heavy atom. The minimum atomic E-state index is 0.334. The fourth-order valence-electron chi connectivity index (χ4n) is 4.15. The highest BCUT2D eigenvalue weighted by Crippen LogP contribution is 2.21. The van der Waals surface area contributed by atoms with Crippen LogP contribution < -0.4 is 5.32 Å². The zero-order chi connectivity index (χ0) is 22.3. The molecule has 2 N–H and O–H groups in total. The van der Waals surface area contributed by atoms with Crippen LogP contribution in [-0.2, 0) is 13.1 Å². The van der Waals surface area contributed by atoms with E-state index in [1.807, 2.05) is 24.3 Å². The molecule has 170 valence electrons. The van der Waals surface area contributed by atoms with Gasteiger partial charge in [-0.15, -0.1) is 0 Å². The van der Waals surface area contributed by atoms with Gasteiger partial charge in [0.2, 0.25) is 0 Å². The number of nitrogens with zero attached hydrogens (tertiary/aromatic N) is 5. The number of hydrogen-bond donors (Lipinski definition) is 2. The highest BCUT2D eigenvalue weighted by Gasteiger charge is 2.19. The maximum atomic E-state index is 9.69. The van der Waals surface area contributed by atoms with Crippen molar-refractivity contribution in [1.29, 1.82) is 0 Å². The number of rotatable bonds is 9. The summed E-state index contributed by atoms with van der Waals surface area (Å²) < 4.78 is 0. The standard InChI is InChI=1S/C25H34N6O/c1-29(2)12-6-11-26-25-22-9-3-4-10-23(22)27-24(28-25)19-31-15-13-30(14-16-31)18-20-7-5-8-21(32)17-20/h3-5,7-10,17,32H,6,11-16,18-19H2,1-2H3,(H,26,27,28). The molecule has 4 rings (SSSR count). The Kier molecular flexibility index (Phi) is 7.52. The van der Waals surface area contributed by atoms with Gasteiger partial charge in [0.05, 0.1) is 12.1 Å². The monoisotopic (exact) mass is 434 g/mol. The minimum absolute atomic E-state index is 0.334. The van der Waals surface area contributed by atoms with E-state index in [2.05, 4.69) is 52.3 Å². The summed E-state index contributed by atoms with van der Waals surface area (Å²) >= 11 is 0. The predicted molar refractivity (Wildman–Crippen MR) is 130 cm³/mol. The summed E-state index contributed by atoms with van der Waals surface area (Å²) in [5.74, 6) is 2.15. The van der Waals surface area contributed by atoms with Crippen molar-refractivity contribution >= 4 is 16.7 Å². The highest BCUT2D eigenvalue weighted by molar-refractivity contribution is 5.88. The molecule has 32 heavy (non-hydrogen) atoms. The van der Waals surface area contributed by atoms with Crippen molar-refractivity contribution in [3.63, 3.8) is 0 Å². The van der Waals surface area contributed by atoms with Gasteiger partial charge in [-0.1, -0.05) is 24.3 Å². The molecule has 0 amide bonds. The number of aromatic hydroxyl groups is 1. The molecule has 2 heterocycles. The lowest BCUT2D eigenvalue weighted by Crippen LogP contribution is -2.45. The second-order valence-corrected chi connectivity index (χ2v) is 8.81. The van der Waals surface area contributed by atoms with Crippen LogP contribution in [0, 0.1) is 0 Å². The van der Waals surface area contributed by atoms with E-state index >= 15 is 0 Å². The van der Waals surface area contributed by atoms with Crippen LogP contribution in [0.1, 0.15) is 17.8 Å². The van der Waals surface area contributed by atoms with E-state index in [9.17, 15) is 5.11 Å². The van der Waals surface area contributed by atoms with E-state index in [1.165, 1.54) is 0 Å². The van der Waals surface area contributed by atoms with Crippen molar-refractivity contribution in [3.05, 3.63) is 59.9 Å². The number of anilines is 1. The highest BCUT2D eigenvalue weighted by atomic mass is 16.3. The first-order chi connectivity index (χ1) is 15.6. The Hall–Kier alpha value is -2.74. The lowest BCUT2D eigenvalue weighted by Gasteiger charge is -2.34. The van der Waals surface area contributed by atoms with Gasteiger partial charge in [-0.05, 0) is 56.9 Å². The van der Waals surface area contributed by atoms with E-state index in [0.29, 0.717) is 5.75 Å². The van der Waals surface area contributed by atoms with Crippen LogP contribution in [0.15, 0.2) is 48.5 Å². The maximum absolute atomic E-state index is 9.69. The molecule has 1 aromatic heterocycles. The topological polar surface area (TPSA) is 67.8 Å². The molecular formula is C25H34N6O. The van der Waals surface area contributed by atoms with Crippen LogP contribution in [0.2, 0.25) is 0 Å². The molecule has 1 fully saturated rings. The summed E-state index contributed by atoms with van der Waals surface area (Å²) in [6, 6.07) is 15.8. The van der Waals surface area contributed by atoms with Crippen molar-refractivity contribution < 1.29 is 5.11 Å². The molecule has 0 radical (unpaired) electrons. The van der Waals surface area contributed by atoms with Crippen molar-refractivity contribution in [2.75, 3.05) is 58.7 Å². The number of aromatic nitrogens is 2. The van der Waals surface area contributed by atoms with Gasteiger partial charge in [0.15, 0.2) is 0 Å². The smallest absolute Gasteiger partial charge is 0.145 e. The largest absolute Gasteiger partial charge is 0.508 e. The van der Waals surface area contributed by atoms with Crippen LogP contribution >= 0.6 is 0 Å². The van der Waals surface area contributed by atoms with Crippen LogP contribution in [0.4, 0.5) is 5.82 Å². The number of benzene rings is 2. The van der Waals surface area contributed by atoms with Gasteiger partial charge in [0, 0.05) is 44.7 Å². The van der Waals surface area contributed by atoms with Gasteiger partial charge < -0.3 is 15.3 Å². The fourth-order valence-corrected chi connectivity index (χ4v) is 4.15. The van der Waals surface area contributed by atoms with Gasteiger partial charge in [-0.25, -0.2) is 9.97 Å². The number of hydrogen-bond acceptors (Lipinski definition) is 7.